The Labute approximate surface area is 112 Å². The normalized spacial score (nSPS) is 10.3. The van der Waals surface area contributed by atoms with Crippen molar-refractivity contribution in [3.63, 3.8) is 0 Å². The van der Waals surface area contributed by atoms with Crippen molar-refractivity contribution < 1.29 is 19.9 Å². The van der Waals surface area contributed by atoms with E-state index >= 15 is 0 Å². The molecule has 2 rings (SSSR count). The predicted molar refractivity (Wildman–Crippen MR) is 73.4 cm³/mol. The first-order chi connectivity index (χ1) is 9.06. The average molecular weight is 258 g/mol. The third-order valence-electron chi connectivity index (χ3n) is 2.77. The van der Waals surface area contributed by atoms with Crippen LogP contribution in [0.5, 0.6) is 11.5 Å². The second-order valence-corrected chi connectivity index (χ2v) is 4.37. The van der Waals surface area contributed by atoms with Gasteiger partial charge in [-0.05, 0) is 30.7 Å². The molecule has 2 aromatic rings. The van der Waals surface area contributed by atoms with E-state index in [0.717, 1.165) is 11.1 Å². The van der Waals surface area contributed by atoms with Gasteiger partial charge in [-0.25, -0.2) is 0 Å². The molecule has 0 unspecified atom stereocenters. The van der Waals surface area contributed by atoms with Crippen LogP contribution in [0, 0.1) is 6.92 Å². The number of phenols is 1. The molecular formula is C14H15BO4. The molecule has 0 saturated carbocycles. The third-order valence-corrected chi connectivity index (χ3v) is 2.77. The van der Waals surface area contributed by atoms with Crippen LogP contribution < -0.4 is 10.2 Å². The number of benzene rings is 2. The molecule has 0 spiro atoms. The number of hydrogen-bond acceptors (Lipinski definition) is 4. The summed E-state index contributed by atoms with van der Waals surface area (Å²) >= 11 is 0. The second kappa shape index (κ2) is 5.78. The minimum absolute atomic E-state index is 0.200. The molecule has 2 aromatic carbocycles. The molecule has 0 saturated heterocycles. The lowest BCUT2D eigenvalue weighted by Gasteiger charge is -2.12. The highest BCUT2D eigenvalue weighted by Gasteiger charge is 2.17. The van der Waals surface area contributed by atoms with Gasteiger partial charge >= 0.3 is 7.12 Å². The molecule has 98 valence electrons. The Kier molecular flexibility index (Phi) is 4.09. The Morgan fingerprint density at radius 2 is 1.74 bits per heavy atom. The van der Waals surface area contributed by atoms with Crippen molar-refractivity contribution in [1.29, 1.82) is 0 Å². The lowest BCUT2D eigenvalue weighted by molar-refractivity contribution is 0.306. The molecule has 0 atom stereocenters. The smallest absolute Gasteiger partial charge is 0.492 e. The van der Waals surface area contributed by atoms with Crippen molar-refractivity contribution in [2.75, 3.05) is 0 Å². The molecule has 19 heavy (non-hydrogen) atoms. The van der Waals surface area contributed by atoms with Gasteiger partial charge in [-0.2, -0.15) is 0 Å². The SMILES string of the molecule is Cc1ccc(OCc2ccc(O)cc2)c(B(O)O)c1. The number of aryl methyl sites for hydroxylation is 1. The van der Waals surface area contributed by atoms with E-state index in [-0.39, 0.29) is 5.75 Å². The van der Waals surface area contributed by atoms with Gasteiger partial charge in [-0.1, -0.05) is 29.8 Å². The maximum absolute atomic E-state index is 9.31. The minimum Gasteiger partial charge on any atom is -0.508 e. The van der Waals surface area contributed by atoms with Crippen molar-refractivity contribution >= 4 is 12.6 Å². The van der Waals surface area contributed by atoms with E-state index in [1.807, 2.05) is 13.0 Å². The average Bonchev–Trinajstić information content (AvgIpc) is 2.39. The summed E-state index contributed by atoms with van der Waals surface area (Å²) in [5, 5.41) is 27.8. The molecule has 0 radical (unpaired) electrons. The van der Waals surface area contributed by atoms with Crippen LogP contribution in [-0.4, -0.2) is 22.3 Å². The Bertz CT molecular complexity index is 552. The first-order valence-corrected chi connectivity index (χ1v) is 5.93. The number of hydrogen-bond donors (Lipinski definition) is 3. The summed E-state index contributed by atoms with van der Waals surface area (Å²) in [4.78, 5) is 0. The Morgan fingerprint density at radius 1 is 1.05 bits per heavy atom. The van der Waals surface area contributed by atoms with Gasteiger partial charge in [0.15, 0.2) is 0 Å². The molecule has 0 aliphatic carbocycles. The zero-order chi connectivity index (χ0) is 13.8. The molecule has 4 nitrogen and oxygen atoms in total. The highest BCUT2D eigenvalue weighted by Crippen LogP contribution is 2.14. The summed E-state index contributed by atoms with van der Waals surface area (Å²) < 4.78 is 5.58. The van der Waals surface area contributed by atoms with E-state index in [1.54, 1.807) is 36.4 Å². The molecule has 5 heteroatoms. The molecule has 0 heterocycles. The monoisotopic (exact) mass is 258 g/mol. The quantitative estimate of drug-likeness (QED) is 0.714. The third kappa shape index (κ3) is 3.50. The van der Waals surface area contributed by atoms with E-state index < -0.39 is 7.12 Å². The van der Waals surface area contributed by atoms with Gasteiger partial charge in [-0.15, -0.1) is 0 Å². The second-order valence-electron chi connectivity index (χ2n) is 4.37. The summed E-state index contributed by atoms with van der Waals surface area (Å²) in [6, 6.07) is 11.9. The Hall–Kier alpha value is -1.98. The summed E-state index contributed by atoms with van der Waals surface area (Å²) in [6.45, 7) is 2.17. The fourth-order valence-corrected chi connectivity index (χ4v) is 1.75. The molecule has 0 fully saturated rings. The summed E-state index contributed by atoms with van der Waals surface area (Å²) in [5.41, 5.74) is 2.16. The Balaban J connectivity index is 2.13. The molecule has 0 aliphatic heterocycles. The fraction of sp³-hybridized carbons (Fsp3) is 0.143. The van der Waals surface area contributed by atoms with E-state index in [1.165, 1.54) is 0 Å². The standard InChI is InChI=1S/C14H15BO4/c1-10-2-7-14(13(8-10)15(17)18)19-9-11-3-5-12(16)6-4-11/h2-8,16-18H,9H2,1H3. The number of rotatable bonds is 4. The van der Waals surface area contributed by atoms with Gasteiger partial charge in [-0.3, -0.25) is 0 Å². The maximum Gasteiger partial charge on any atom is 0.492 e. The van der Waals surface area contributed by atoms with Crippen molar-refractivity contribution in [1.82, 2.24) is 0 Å². The first-order valence-electron chi connectivity index (χ1n) is 5.93. The van der Waals surface area contributed by atoms with Crippen LogP contribution in [0.2, 0.25) is 0 Å². The van der Waals surface area contributed by atoms with Crippen molar-refractivity contribution in [3.8, 4) is 11.5 Å². The van der Waals surface area contributed by atoms with E-state index in [0.29, 0.717) is 17.8 Å². The van der Waals surface area contributed by atoms with Crippen LogP contribution in [0.25, 0.3) is 0 Å². The lowest BCUT2D eigenvalue weighted by Crippen LogP contribution is -2.31. The number of aromatic hydroxyl groups is 1. The van der Waals surface area contributed by atoms with Gasteiger partial charge in [0.2, 0.25) is 0 Å². The lowest BCUT2D eigenvalue weighted by atomic mass is 9.79. The molecular weight excluding hydrogens is 243 g/mol. The van der Waals surface area contributed by atoms with Crippen molar-refractivity contribution in [2.45, 2.75) is 13.5 Å². The molecule has 0 amide bonds. The summed E-state index contributed by atoms with van der Waals surface area (Å²) in [5.74, 6) is 0.638. The molecule has 0 aliphatic rings. The van der Waals surface area contributed by atoms with Gasteiger partial charge in [0.05, 0.1) is 0 Å². The molecule has 0 aromatic heterocycles. The minimum atomic E-state index is -1.56. The largest absolute Gasteiger partial charge is 0.508 e. The number of ether oxygens (including phenoxy) is 1. The zero-order valence-electron chi connectivity index (χ0n) is 10.6. The zero-order valence-corrected chi connectivity index (χ0v) is 10.6. The van der Waals surface area contributed by atoms with Gasteiger partial charge in [0, 0.05) is 5.46 Å². The fourth-order valence-electron chi connectivity index (χ4n) is 1.75. The highest BCUT2D eigenvalue weighted by molar-refractivity contribution is 6.59. The topological polar surface area (TPSA) is 69.9 Å². The highest BCUT2D eigenvalue weighted by atomic mass is 16.5. The van der Waals surface area contributed by atoms with Crippen molar-refractivity contribution in [2.24, 2.45) is 0 Å². The van der Waals surface area contributed by atoms with E-state index in [2.05, 4.69) is 0 Å². The van der Waals surface area contributed by atoms with Gasteiger partial charge in [0.1, 0.15) is 18.1 Å². The van der Waals surface area contributed by atoms with E-state index in [9.17, 15) is 15.2 Å². The molecule has 0 bridgehead atoms. The van der Waals surface area contributed by atoms with Crippen LogP contribution in [-0.2, 0) is 6.61 Å². The first kappa shape index (κ1) is 13.5. The van der Waals surface area contributed by atoms with Crippen LogP contribution in [0.3, 0.4) is 0 Å². The van der Waals surface area contributed by atoms with E-state index in [4.69, 9.17) is 4.74 Å². The molecule has 3 N–H and O–H groups in total. The predicted octanol–water partition coefficient (Wildman–Crippen LogP) is 0.959. The summed E-state index contributed by atoms with van der Waals surface area (Å²) in [7, 11) is -1.56. The van der Waals surface area contributed by atoms with Crippen LogP contribution >= 0.6 is 0 Å². The van der Waals surface area contributed by atoms with Crippen molar-refractivity contribution in [3.05, 3.63) is 53.6 Å². The number of phenolic OH excluding ortho intramolecular Hbond substituents is 1. The van der Waals surface area contributed by atoms with Gasteiger partial charge < -0.3 is 19.9 Å². The van der Waals surface area contributed by atoms with Crippen LogP contribution in [0.1, 0.15) is 11.1 Å². The maximum atomic E-state index is 9.31. The van der Waals surface area contributed by atoms with Gasteiger partial charge in [0.25, 0.3) is 0 Å². The van der Waals surface area contributed by atoms with Crippen LogP contribution in [0.4, 0.5) is 0 Å². The Morgan fingerprint density at radius 3 is 2.37 bits per heavy atom. The summed E-state index contributed by atoms with van der Waals surface area (Å²) in [6.07, 6.45) is 0. The van der Waals surface area contributed by atoms with Crippen LogP contribution in [0.15, 0.2) is 42.5 Å².